The topological polar surface area (TPSA) is 59.5 Å². The molecule has 0 saturated carbocycles. The van der Waals surface area contributed by atoms with Gasteiger partial charge >= 0.3 is 0 Å². The Hall–Kier alpha value is -1.56. The second-order valence-electron chi connectivity index (χ2n) is 5.34. The number of rotatable bonds is 10. The maximum atomic E-state index is 5.55. The van der Waals surface area contributed by atoms with Gasteiger partial charge in [-0.15, -0.1) is 0 Å². The van der Waals surface area contributed by atoms with E-state index in [2.05, 4.69) is 41.0 Å². The fourth-order valence-corrected chi connectivity index (χ4v) is 2.07. The number of hydrogen-bond acceptors (Lipinski definition) is 6. The van der Waals surface area contributed by atoms with Gasteiger partial charge in [-0.1, -0.05) is 20.8 Å². The minimum atomic E-state index is 0.522. The zero-order chi connectivity index (χ0) is 15.7. The zero-order valence-electron chi connectivity index (χ0n) is 13.8. The number of hydrogen-bond donors (Lipinski definition) is 1. The Balaban J connectivity index is 3.04. The van der Waals surface area contributed by atoms with Crippen LogP contribution in [-0.2, 0) is 4.74 Å². The van der Waals surface area contributed by atoms with Crippen molar-refractivity contribution in [1.82, 2.24) is 9.97 Å². The summed E-state index contributed by atoms with van der Waals surface area (Å²) < 4.78 is 10.7. The third-order valence-corrected chi connectivity index (χ3v) is 2.98. The van der Waals surface area contributed by atoms with Gasteiger partial charge in [-0.2, -0.15) is 0 Å². The van der Waals surface area contributed by atoms with Gasteiger partial charge in [-0.05, 0) is 12.3 Å². The molecule has 0 aliphatic rings. The monoisotopic (exact) mass is 296 g/mol. The second-order valence-corrected chi connectivity index (χ2v) is 5.34. The Morgan fingerprint density at radius 3 is 2.62 bits per heavy atom. The van der Waals surface area contributed by atoms with E-state index in [9.17, 15) is 0 Å². The highest BCUT2D eigenvalue weighted by molar-refractivity contribution is 5.64. The average molecular weight is 296 g/mol. The summed E-state index contributed by atoms with van der Waals surface area (Å²) in [5.74, 6) is 2.78. The first kappa shape index (κ1) is 17.5. The number of ether oxygens (including phenoxy) is 2. The van der Waals surface area contributed by atoms with Crippen molar-refractivity contribution in [3.63, 3.8) is 0 Å². The van der Waals surface area contributed by atoms with Crippen LogP contribution >= 0.6 is 0 Å². The SMILES string of the molecule is CCCNc1ncnc(N(CCOC)CC(C)C)c1OC. The molecular weight excluding hydrogens is 268 g/mol. The van der Waals surface area contributed by atoms with E-state index in [1.165, 1.54) is 0 Å². The molecule has 1 aromatic rings. The first-order valence-corrected chi connectivity index (χ1v) is 7.50. The third-order valence-electron chi connectivity index (χ3n) is 2.98. The molecule has 0 amide bonds. The Morgan fingerprint density at radius 1 is 1.29 bits per heavy atom. The van der Waals surface area contributed by atoms with Crippen molar-refractivity contribution in [1.29, 1.82) is 0 Å². The molecule has 0 bridgehead atoms. The lowest BCUT2D eigenvalue weighted by Crippen LogP contribution is -2.32. The van der Waals surface area contributed by atoms with Gasteiger partial charge in [0.2, 0.25) is 5.75 Å². The summed E-state index contributed by atoms with van der Waals surface area (Å²) in [5, 5.41) is 3.28. The molecule has 0 aliphatic heterocycles. The van der Waals surface area contributed by atoms with Crippen LogP contribution in [0.3, 0.4) is 0 Å². The van der Waals surface area contributed by atoms with Crippen LogP contribution < -0.4 is 15.0 Å². The fraction of sp³-hybridized carbons (Fsp3) is 0.733. The normalized spacial score (nSPS) is 10.8. The fourth-order valence-electron chi connectivity index (χ4n) is 2.07. The molecule has 0 aromatic carbocycles. The molecule has 6 heteroatoms. The van der Waals surface area contributed by atoms with Gasteiger partial charge in [-0.3, -0.25) is 0 Å². The molecule has 1 N–H and O–H groups in total. The molecule has 6 nitrogen and oxygen atoms in total. The van der Waals surface area contributed by atoms with Crippen molar-refractivity contribution in [2.75, 3.05) is 50.7 Å². The molecule has 21 heavy (non-hydrogen) atoms. The van der Waals surface area contributed by atoms with Crippen molar-refractivity contribution >= 4 is 11.6 Å². The van der Waals surface area contributed by atoms with Crippen LogP contribution in [0.15, 0.2) is 6.33 Å². The predicted octanol–water partition coefficient (Wildman–Crippen LogP) is 2.42. The predicted molar refractivity (Wildman–Crippen MR) is 86.3 cm³/mol. The number of nitrogens with one attached hydrogen (secondary N) is 1. The lowest BCUT2D eigenvalue weighted by molar-refractivity contribution is 0.204. The minimum absolute atomic E-state index is 0.522. The second kappa shape index (κ2) is 9.39. The molecule has 1 heterocycles. The van der Waals surface area contributed by atoms with Gasteiger partial charge in [0.1, 0.15) is 6.33 Å². The smallest absolute Gasteiger partial charge is 0.204 e. The zero-order valence-corrected chi connectivity index (χ0v) is 13.8. The number of aromatic nitrogens is 2. The summed E-state index contributed by atoms with van der Waals surface area (Å²) in [7, 11) is 3.36. The highest BCUT2D eigenvalue weighted by Crippen LogP contribution is 2.32. The van der Waals surface area contributed by atoms with E-state index in [0.717, 1.165) is 37.7 Å². The van der Waals surface area contributed by atoms with Crippen molar-refractivity contribution in [3.8, 4) is 5.75 Å². The van der Waals surface area contributed by atoms with Gasteiger partial charge in [0.15, 0.2) is 11.6 Å². The summed E-state index contributed by atoms with van der Waals surface area (Å²) in [6, 6.07) is 0. The molecule has 120 valence electrons. The summed E-state index contributed by atoms with van der Waals surface area (Å²) in [5.41, 5.74) is 0. The quantitative estimate of drug-likeness (QED) is 0.715. The maximum absolute atomic E-state index is 5.55. The standard InChI is InChI=1S/C15H28N4O2/c1-6-7-16-14-13(21-5)15(18-11-17-14)19(8-9-20-4)10-12(2)3/h11-12H,6-10H2,1-5H3,(H,16,17,18). The number of nitrogens with zero attached hydrogens (tertiary/aromatic N) is 3. The van der Waals surface area contributed by atoms with Crippen LogP contribution in [0.4, 0.5) is 11.6 Å². The van der Waals surface area contributed by atoms with E-state index < -0.39 is 0 Å². The van der Waals surface area contributed by atoms with Crippen molar-refractivity contribution in [2.45, 2.75) is 27.2 Å². The van der Waals surface area contributed by atoms with Crippen LogP contribution in [-0.4, -0.2) is 50.4 Å². The van der Waals surface area contributed by atoms with Crippen LogP contribution in [0.5, 0.6) is 5.75 Å². The van der Waals surface area contributed by atoms with Crippen molar-refractivity contribution in [2.24, 2.45) is 5.92 Å². The molecule has 1 rings (SSSR count). The van der Waals surface area contributed by atoms with E-state index in [1.54, 1.807) is 20.5 Å². The van der Waals surface area contributed by atoms with Crippen LogP contribution in [0.25, 0.3) is 0 Å². The molecule has 0 aliphatic carbocycles. The molecular formula is C15H28N4O2. The number of anilines is 2. The van der Waals surface area contributed by atoms with E-state index in [0.29, 0.717) is 18.3 Å². The van der Waals surface area contributed by atoms with Gasteiger partial charge < -0.3 is 19.7 Å². The highest BCUT2D eigenvalue weighted by atomic mass is 16.5. The maximum Gasteiger partial charge on any atom is 0.204 e. The van der Waals surface area contributed by atoms with Crippen LogP contribution in [0.1, 0.15) is 27.2 Å². The Kier molecular flexibility index (Phi) is 7.82. The van der Waals surface area contributed by atoms with E-state index in [-0.39, 0.29) is 0 Å². The molecule has 0 fully saturated rings. The summed E-state index contributed by atoms with van der Waals surface area (Å²) in [6.45, 7) is 9.66. The summed E-state index contributed by atoms with van der Waals surface area (Å²) in [4.78, 5) is 10.9. The summed E-state index contributed by atoms with van der Waals surface area (Å²) in [6.07, 6.45) is 2.61. The lowest BCUT2D eigenvalue weighted by atomic mass is 10.2. The molecule has 0 radical (unpaired) electrons. The molecule has 0 saturated heterocycles. The molecule has 1 aromatic heterocycles. The molecule has 0 unspecified atom stereocenters. The van der Waals surface area contributed by atoms with Crippen molar-refractivity contribution < 1.29 is 9.47 Å². The van der Waals surface area contributed by atoms with E-state index in [1.807, 2.05) is 0 Å². The van der Waals surface area contributed by atoms with E-state index >= 15 is 0 Å². The summed E-state index contributed by atoms with van der Waals surface area (Å²) >= 11 is 0. The van der Waals surface area contributed by atoms with Gasteiger partial charge in [0.05, 0.1) is 13.7 Å². The van der Waals surface area contributed by atoms with Crippen LogP contribution in [0.2, 0.25) is 0 Å². The minimum Gasteiger partial charge on any atom is -0.490 e. The lowest BCUT2D eigenvalue weighted by Gasteiger charge is -2.27. The first-order valence-electron chi connectivity index (χ1n) is 7.50. The van der Waals surface area contributed by atoms with Gasteiger partial charge in [0, 0.05) is 26.7 Å². The average Bonchev–Trinajstić information content (AvgIpc) is 2.48. The Labute approximate surface area is 127 Å². The highest BCUT2D eigenvalue weighted by Gasteiger charge is 2.18. The largest absolute Gasteiger partial charge is 0.490 e. The Morgan fingerprint density at radius 2 is 2.05 bits per heavy atom. The number of methoxy groups -OCH3 is 2. The third kappa shape index (κ3) is 5.38. The first-order chi connectivity index (χ1) is 10.1. The molecule has 0 atom stereocenters. The van der Waals surface area contributed by atoms with Crippen LogP contribution in [0, 0.1) is 5.92 Å². The Bertz CT molecular complexity index is 413. The van der Waals surface area contributed by atoms with Gasteiger partial charge in [0.25, 0.3) is 0 Å². The van der Waals surface area contributed by atoms with Gasteiger partial charge in [-0.25, -0.2) is 9.97 Å². The molecule has 0 spiro atoms. The van der Waals surface area contributed by atoms with E-state index in [4.69, 9.17) is 9.47 Å². The van der Waals surface area contributed by atoms with Crippen molar-refractivity contribution in [3.05, 3.63) is 6.33 Å².